The molecule has 1 heterocycles. The van der Waals surface area contributed by atoms with E-state index in [4.69, 9.17) is 5.73 Å². The first-order valence-corrected chi connectivity index (χ1v) is 7.95. The first-order valence-electron chi connectivity index (χ1n) is 7.95. The summed E-state index contributed by atoms with van der Waals surface area (Å²) < 4.78 is 0. The van der Waals surface area contributed by atoms with Crippen molar-refractivity contribution in [1.29, 1.82) is 0 Å². The molecule has 0 spiro atoms. The molecule has 2 rings (SSSR count). The number of nitrogens with zero attached hydrogens (tertiary/aromatic N) is 1. The van der Waals surface area contributed by atoms with E-state index in [2.05, 4.69) is 25.7 Å². The largest absolute Gasteiger partial charge is 0.330 e. The maximum absolute atomic E-state index is 6.14. The zero-order valence-electron chi connectivity index (χ0n) is 12.6. The van der Waals surface area contributed by atoms with Gasteiger partial charge in [-0.1, -0.05) is 33.6 Å². The Balaban J connectivity index is 1.93. The summed E-state index contributed by atoms with van der Waals surface area (Å²) in [5.41, 5.74) is 6.58. The molecule has 2 atom stereocenters. The Hall–Kier alpha value is -0.0800. The summed E-state index contributed by atoms with van der Waals surface area (Å²) >= 11 is 0. The molecule has 106 valence electrons. The highest BCUT2D eigenvalue weighted by atomic mass is 15.1. The molecule has 1 saturated heterocycles. The van der Waals surface area contributed by atoms with Crippen molar-refractivity contribution in [2.24, 2.45) is 28.9 Å². The molecule has 0 bridgehead atoms. The molecular formula is C16H32N2. The highest BCUT2D eigenvalue weighted by Gasteiger charge is 2.36. The molecule has 2 aliphatic rings. The molecule has 2 N–H and O–H groups in total. The Morgan fingerprint density at radius 1 is 1.00 bits per heavy atom. The van der Waals surface area contributed by atoms with E-state index in [0.29, 0.717) is 5.41 Å². The summed E-state index contributed by atoms with van der Waals surface area (Å²) in [7, 11) is 0. The van der Waals surface area contributed by atoms with Crippen molar-refractivity contribution in [2.45, 2.75) is 52.9 Å². The fourth-order valence-corrected chi connectivity index (χ4v) is 4.20. The smallest absolute Gasteiger partial charge is 0.00503 e. The van der Waals surface area contributed by atoms with Crippen LogP contribution in [0.3, 0.4) is 0 Å². The summed E-state index contributed by atoms with van der Waals surface area (Å²) in [6, 6.07) is 0. The van der Waals surface area contributed by atoms with Crippen molar-refractivity contribution in [1.82, 2.24) is 4.90 Å². The third-order valence-corrected chi connectivity index (χ3v) is 5.27. The second kappa shape index (κ2) is 5.92. The van der Waals surface area contributed by atoms with Crippen LogP contribution < -0.4 is 5.73 Å². The maximum atomic E-state index is 6.14. The molecule has 18 heavy (non-hydrogen) atoms. The van der Waals surface area contributed by atoms with Gasteiger partial charge in [-0.15, -0.1) is 0 Å². The minimum absolute atomic E-state index is 0.434. The topological polar surface area (TPSA) is 29.3 Å². The highest BCUT2D eigenvalue weighted by Crippen LogP contribution is 2.39. The maximum Gasteiger partial charge on any atom is 0.00503 e. The summed E-state index contributed by atoms with van der Waals surface area (Å²) in [5.74, 6) is 2.65. The molecule has 2 nitrogen and oxygen atoms in total. The van der Waals surface area contributed by atoms with Crippen molar-refractivity contribution in [3.63, 3.8) is 0 Å². The fourth-order valence-electron chi connectivity index (χ4n) is 4.20. The van der Waals surface area contributed by atoms with Gasteiger partial charge >= 0.3 is 0 Å². The second-order valence-corrected chi connectivity index (χ2v) is 7.53. The quantitative estimate of drug-likeness (QED) is 0.836. The van der Waals surface area contributed by atoms with Crippen LogP contribution in [0.1, 0.15) is 52.9 Å². The van der Waals surface area contributed by atoms with Gasteiger partial charge < -0.3 is 10.6 Å². The average Bonchev–Trinajstić information content (AvgIpc) is 2.31. The highest BCUT2D eigenvalue weighted by molar-refractivity contribution is 4.90. The molecule has 2 fully saturated rings. The summed E-state index contributed by atoms with van der Waals surface area (Å²) in [5, 5.41) is 0. The van der Waals surface area contributed by atoms with Crippen LogP contribution in [-0.2, 0) is 0 Å². The van der Waals surface area contributed by atoms with Crippen LogP contribution in [0.5, 0.6) is 0 Å². The second-order valence-electron chi connectivity index (χ2n) is 7.53. The van der Waals surface area contributed by atoms with E-state index in [1.54, 1.807) is 0 Å². The Morgan fingerprint density at radius 2 is 1.56 bits per heavy atom. The van der Waals surface area contributed by atoms with E-state index < -0.39 is 0 Å². The van der Waals surface area contributed by atoms with Crippen LogP contribution in [0.25, 0.3) is 0 Å². The van der Waals surface area contributed by atoms with Crippen molar-refractivity contribution >= 4 is 0 Å². The third kappa shape index (κ3) is 3.48. The van der Waals surface area contributed by atoms with Crippen molar-refractivity contribution < 1.29 is 0 Å². The van der Waals surface area contributed by atoms with Crippen molar-refractivity contribution in [3.05, 3.63) is 0 Å². The molecule has 0 aromatic carbocycles. The van der Waals surface area contributed by atoms with Gasteiger partial charge in [0.15, 0.2) is 0 Å². The standard InChI is InChI=1S/C16H32N2/c1-13-4-6-16(11-17,7-5-13)12-18-9-14(2)8-15(3)10-18/h13-15H,4-12,17H2,1-3H3. The third-order valence-electron chi connectivity index (χ3n) is 5.27. The van der Waals surface area contributed by atoms with Crippen LogP contribution in [0.4, 0.5) is 0 Å². The van der Waals surface area contributed by atoms with Gasteiger partial charge in [0.25, 0.3) is 0 Å². The van der Waals surface area contributed by atoms with E-state index in [-0.39, 0.29) is 0 Å². The normalized spacial score (nSPS) is 43.0. The Labute approximate surface area is 113 Å². The van der Waals surface area contributed by atoms with Gasteiger partial charge in [0.2, 0.25) is 0 Å². The van der Waals surface area contributed by atoms with Gasteiger partial charge in [-0.3, -0.25) is 0 Å². The van der Waals surface area contributed by atoms with Crippen LogP contribution >= 0.6 is 0 Å². The van der Waals surface area contributed by atoms with Gasteiger partial charge in [-0.25, -0.2) is 0 Å². The molecule has 2 heteroatoms. The molecule has 1 aliphatic heterocycles. The van der Waals surface area contributed by atoms with Gasteiger partial charge in [0.05, 0.1) is 0 Å². The number of nitrogens with two attached hydrogens (primary N) is 1. The van der Waals surface area contributed by atoms with Gasteiger partial charge in [-0.05, 0) is 49.0 Å². The number of rotatable bonds is 3. The lowest BCUT2D eigenvalue weighted by atomic mass is 9.70. The summed E-state index contributed by atoms with van der Waals surface area (Å²) in [6.45, 7) is 11.9. The number of hydrogen-bond donors (Lipinski definition) is 1. The van der Waals surface area contributed by atoms with Crippen molar-refractivity contribution in [2.75, 3.05) is 26.2 Å². The number of piperidine rings is 1. The number of likely N-dealkylation sites (tertiary alicyclic amines) is 1. The Kier molecular flexibility index (Phi) is 4.71. The Morgan fingerprint density at radius 3 is 2.06 bits per heavy atom. The van der Waals surface area contributed by atoms with Crippen LogP contribution in [0.2, 0.25) is 0 Å². The van der Waals surface area contributed by atoms with Gasteiger partial charge in [0, 0.05) is 19.6 Å². The Bertz CT molecular complexity index is 246. The van der Waals surface area contributed by atoms with E-state index >= 15 is 0 Å². The van der Waals surface area contributed by atoms with E-state index in [9.17, 15) is 0 Å². The lowest BCUT2D eigenvalue weighted by Crippen LogP contribution is -2.49. The lowest BCUT2D eigenvalue weighted by molar-refractivity contribution is 0.0548. The minimum Gasteiger partial charge on any atom is -0.330 e. The minimum atomic E-state index is 0.434. The van der Waals surface area contributed by atoms with E-state index in [1.807, 2.05) is 0 Å². The van der Waals surface area contributed by atoms with Gasteiger partial charge in [-0.2, -0.15) is 0 Å². The zero-order chi connectivity index (χ0) is 13.2. The molecule has 0 aromatic heterocycles. The van der Waals surface area contributed by atoms with Crippen LogP contribution in [0.15, 0.2) is 0 Å². The molecule has 1 aliphatic carbocycles. The number of hydrogen-bond acceptors (Lipinski definition) is 2. The van der Waals surface area contributed by atoms with Gasteiger partial charge in [0.1, 0.15) is 0 Å². The lowest BCUT2D eigenvalue weighted by Gasteiger charge is -2.45. The molecule has 1 saturated carbocycles. The van der Waals surface area contributed by atoms with Crippen LogP contribution in [-0.4, -0.2) is 31.1 Å². The van der Waals surface area contributed by atoms with Crippen LogP contribution in [0, 0.1) is 23.2 Å². The molecular weight excluding hydrogens is 220 g/mol. The SMILES string of the molecule is CC1CCC(CN)(CN2CC(C)CC(C)C2)CC1. The predicted octanol–water partition coefficient (Wildman–Crippen LogP) is 3.12. The molecule has 2 unspecified atom stereocenters. The fraction of sp³-hybridized carbons (Fsp3) is 1.00. The molecule has 0 aromatic rings. The van der Waals surface area contributed by atoms with E-state index in [1.165, 1.54) is 51.7 Å². The summed E-state index contributed by atoms with van der Waals surface area (Å²) in [4.78, 5) is 2.71. The molecule has 0 radical (unpaired) electrons. The van der Waals surface area contributed by atoms with E-state index in [0.717, 1.165) is 24.3 Å². The average molecular weight is 252 g/mol. The predicted molar refractivity (Wildman–Crippen MR) is 78.5 cm³/mol. The monoisotopic (exact) mass is 252 g/mol. The summed E-state index contributed by atoms with van der Waals surface area (Å²) in [6.07, 6.45) is 6.88. The first kappa shape index (κ1) is 14.3. The zero-order valence-corrected chi connectivity index (χ0v) is 12.6. The molecule has 0 amide bonds. The van der Waals surface area contributed by atoms with Crippen molar-refractivity contribution in [3.8, 4) is 0 Å². The first-order chi connectivity index (χ1) is 8.53.